The van der Waals surface area contributed by atoms with Gasteiger partial charge < -0.3 is 5.32 Å². The van der Waals surface area contributed by atoms with E-state index in [2.05, 4.69) is 10.4 Å². The minimum absolute atomic E-state index is 0.120. The van der Waals surface area contributed by atoms with Crippen LogP contribution in [-0.4, -0.2) is 15.7 Å². The Bertz CT molecular complexity index is 1310. The van der Waals surface area contributed by atoms with Gasteiger partial charge in [0.15, 0.2) is 0 Å². The molecule has 1 N–H and O–H groups in total. The first-order chi connectivity index (χ1) is 15.0. The minimum atomic E-state index is -0.666. The third-order valence-electron chi connectivity index (χ3n) is 4.95. The minimum Gasteiger partial charge on any atom is -0.306 e. The zero-order valence-corrected chi connectivity index (χ0v) is 17.1. The van der Waals surface area contributed by atoms with Crippen molar-refractivity contribution < 1.29 is 9.18 Å². The monoisotopic (exact) mass is 413 g/mol. The highest BCUT2D eigenvalue weighted by Crippen LogP contribution is 2.27. The molecule has 1 aromatic heterocycles. The van der Waals surface area contributed by atoms with Crippen molar-refractivity contribution in [1.29, 1.82) is 0 Å². The molecule has 0 aliphatic rings. The molecule has 1 amide bonds. The number of hydrogen-bond donors (Lipinski definition) is 1. The van der Waals surface area contributed by atoms with Crippen LogP contribution in [0.25, 0.3) is 16.8 Å². The third kappa shape index (κ3) is 4.00. The van der Waals surface area contributed by atoms with E-state index in [0.29, 0.717) is 16.8 Å². The summed E-state index contributed by atoms with van der Waals surface area (Å²) < 4.78 is 15.7. The number of nitrogens with one attached hydrogen (secondary N) is 1. The number of benzene rings is 3. The van der Waals surface area contributed by atoms with Crippen LogP contribution in [0.15, 0.2) is 83.7 Å². The summed E-state index contributed by atoms with van der Waals surface area (Å²) in [6.07, 6.45) is 0. The predicted molar refractivity (Wildman–Crippen MR) is 119 cm³/mol. The number of nitrogens with zero attached hydrogens (tertiary/aromatic N) is 2. The van der Waals surface area contributed by atoms with Crippen LogP contribution in [0.3, 0.4) is 0 Å². The maximum atomic E-state index is 14.2. The summed E-state index contributed by atoms with van der Waals surface area (Å²) in [5.74, 6) is -1.13. The summed E-state index contributed by atoms with van der Waals surface area (Å²) >= 11 is 0. The van der Waals surface area contributed by atoms with Crippen LogP contribution in [0.2, 0.25) is 0 Å². The van der Waals surface area contributed by atoms with Crippen LogP contribution in [0.1, 0.15) is 21.6 Å². The van der Waals surface area contributed by atoms with Gasteiger partial charge in [0.1, 0.15) is 17.3 Å². The number of rotatable bonds is 4. The second kappa shape index (κ2) is 8.36. The molecule has 0 saturated carbocycles. The number of halogens is 1. The van der Waals surface area contributed by atoms with Crippen molar-refractivity contribution in [3.8, 4) is 16.8 Å². The van der Waals surface area contributed by atoms with Gasteiger partial charge in [-0.15, -0.1) is 0 Å². The van der Waals surface area contributed by atoms with Crippen LogP contribution < -0.4 is 10.7 Å². The fourth-order valence-corrected chi connectivity index (χ4v) is 3.32. The van der Waals surface area contributed by atoms with Gasteiger partial charge in [-0.3, -0.25) is 9.59 Å². The molecule has 0 atom stereocenters. The number of hydrogen-bond acceptors (Lipinski definition) is 3. The standard InChI is InChI=1S/C25H20FN3O2/c1-16-12-14-19(15-13-16)29-24(27-25(31)20-10-6-7-11-21(20)26)22(23(30)17(2)28-29)18-8-4-3-5-9-18/h3-15H,1-2H3,(H,27,31). The van der Waals surface area contributed by atoms with Crippen molar-refractivity contribution in [3.05, 3.63) is 112 Å². The Morgan fingerprint density at radius 3 is 2.23 bits per heavy atom. The molecule has 0 bridgehead atoms. The Hall–Kier alpha value is -4.06. The number of carbonyl (C=O) groups is 1. The molecule has 4 aromatic rings. The highest BCUT2D eigenvalue weighted by molar-refractivity contribution is 6.06. The smallest absolute Gasteiger partial charge is 0.259 e. The van der Waals surface area contributed by atoms with Gasteiger partial charge in [0.25, 0.3) is 5.91 Å². The normalized spacial score (nSPS) is 10.7. The summed E-state index contributed by atoms with van der Waals surface area (Å²) in [7, 11) is 0. The van der Waals surface area contributed by atoms with Gasteiger partial charge in [-0.05, 0) is 43.7 Å². The number of aryl methyl sites for hydroxylation is 2. The molecule has 0 fully saturated rings. The lowest BCUT2D eigenvalue weighted by molar-refractivity contribution is 0.102. The van der Waals surface area contributed by atoms with Crippen molar-refractivity contribution in [2.75, 3.05) is 5.32 Å². The average Bonchev–Trinajstić information content (AvgIpc) is 2.78. The lowest BCUT2D eigenvalue weighted by atomic mass is 10.0. The topological polar surface area (TPSA) is 64.0 Å². The van der Waals surface area contributed by atoms with E-state index in [4.69, 9.17) is 0 Å². The van der Waals surface area contributed by atoms with Crippen LogP contribution in [-0.2, 0) is 0 Å². The zero-order valence-electron chi connectivity index (χ0n) is 17.1. The van der Waals surface area contributed by atoms with Gasteiger partial charge in [0, 0.05) is 0 Å². The average molecular weight is 413 g/mol. The maximum absolute atomic E-state index is 14.2. The largest absolute Gasteiger partial charge is 0.306 e. The van der Waals surface area contributed by atoms with E-state index in [1.165, 1.54) is 22.9 Å². The summed E-state index contributed by atoms with van der Waals surface area (Å²) in [4.78, 5) is 26.1. The summed E-state index contributed by atoms with van der Waals surface area (Å²) in [6.45, 7) is 3.59. The third-order valence-corrected chi connectivity index (χ3v) is 4.95. The van der Waals surface area contributed by atoms with Crippen LogP contribution in [0.5, 0.6) is 0 Å². The molecule has 0 aliphatic carbocycles. The summed E-state index contributed by atoms with van der Waals surface area (Å²) in [5.41, 5.74) is 2.49. The van der Waals surface area contributed by atoms with Crippen LogP contribution in [0, 0.1) is 19.7 Å². The lowest BCUT2D eigenvalue weighted by Gasteiger charge is -2.18. The van der Waals surface area contributed by atoms with Crippen LogP contribution in [0.4, 0.5) is 10.2 Å². The van der Waals surface area contributed by atoms with E-state index < -0.39 is 11.7 Å². The molecule has 31 heavy (non-hydrogen) atoms. The lowest BCUT2D eigenvalue weighted by Crippen LogP contribution is -2.25. The number of carbonyl (C=O) groups excluding carboxylic acids is 1. The van der Waals surface area contributed by atoms with Gasteiger partial charge in [-0.25, -0.2) is 9.07 Å². The molecule has 3 aromatic carbocycles. The number of amides is 1. The van der Waals surface area contributed by atoms with E-state index in [1.807, 2.05) is 49.4 Å². The second-order valence-electron chi connectivity index (χ2n) is 7.19. The van der Waals surface area contributed by atoms with Crippen molar-refractivity contribution in [3.63, 3.8) is 0 Å². The molecule has 4 rings (SSSR count). The fourth-order valence-electron chi connectivity index (χ4n) is 3.32. The van der Waals surface area contributed by atoms with Crippen molar-refractivity contribution in [2.45, 2.75) is 13.8 Å². The summed E-state index contributed by atoms with van der Waals surface area (Å²) in [6, 6.07) is 22.2. The van der Waals surface area contributed by atoms with E-state index in [-0.39, 0.29) is 22.5 Å². The maximum Gasteiger partial charge on any atom is 0.259 e. The Labute approximate surface area is 178 Å². The number of anilines is 1. The molecular weight excluding hydrogens is 393 g/mol. The Balaban J connectivity index is 1.97. The van der Waals surface area contributed by atoms with E-state index >= 15 is 0 Å². The van der Waals surface area contributed by atoms with E-state index in [9.17, 15) is 14.0 Å². The van der Waals surface area contributed by atoms with E-state index in [0.717, 1.165) is 5.56 Å². The molecule has 0 aliphatic heterocycles. The molecule has 0 radical (unpaired) electrons. The van der Waals surface area contributed by atoms with Gasteiger partial charge >= 0.3 is 0 Å². The first-order valence-electron chi connectivity index (χ1n) is 9.78. The number of aromatic nitrogens is 2. The highest BCUT2D eigenvalue weighted by atomic mass is 19.1. The predicted octanol–water partition coefficient (Wildman–Crippen LogP) is 4.91. The van der Waals surface area contributed by atoms with E-state index in [1.54, 1.807) is 25.1 Å². The molecule has 0 spiro atoms. The Kier molecular flexibility index (Phi) is 5.45. The molecule has 6 heteroatoms. The second-order valence-corrected chi connectivity index (χ2v) is 7.19. The molecule has 0 saturated heterocycles. The first-order valence-corrected chi connectivity index (χ1v) is 9.78. The van der Waals surface area contributed by atoms with Gasteiger partial charge in [-0.1, -0.05) is 60.2 Å². The SMILES string of the molecule is Cc1ccc(-n2nc(C)c(=O)c(-c3ccccc3)c2NC(=O)c2ccccc2F)cc1. The highest BCUT2D eigenvalue weighted by Gasteiger charge is 2.21. The first kappa shape index (κ1) is 20.2. The molecule has 5 nitrogen and oxygen atoms in total. The quantitative estimate of drug-likeness (QED) is 0.517. The van der Waals surface area contributed by atoms with Crippen molar-refractivity contribution >= 4 is 11.7 Å². The molecule has 0 unspecified atom stereocenters. The van der Waals surface area contributed by atoms with Crippen molar-refractivity contribution in [2.24, 2.45) is 0 Å². The molecular formula is C25H20FN3O2. The van der Waals surface area contributed by atoms with Crippen molar-refractivity contribution in [1.82, 2.24) is 9.78 Å². The molecule has 1 heterocycles. The van der Waals surface area contributed by atoms with Crippen LogP contribution >= 0.6 is 0 Å². The van der Waals surface area contributed by atoms with Gasteiger partial charge in [-0.2, -0.15) is 5.10 Å². The summed E-state index contributed by atoms with van der Waals surface area (Å²) in [5, 5.41) is 7.16. The molecule has 154 valence electrons. The van der Waals surface area contributed by atoms with Gasteiger partial charge in [0.2, 0.25) is 5.43 Å². The Morgan fingerprint density at radius 2 is 1.55 bits per heavy atom. The Morgan fingerprint density at radius 1 is 0.903 bits per heavy atom. The fraction of sp³-hybridized carbons (Fsp3) is 0.0800. The zero-order chi connectivity index (χ0) is 22.0. The van der Waals surface area contributed by atoms with Gasteiger partial charge in [0.05, 0.1) is 16.8 Å².